The van der Waals surface area contributed by atoms with Gasteiger partial charge in [-0.15, -0.1) is 11.3 Å². The number of nitrogens with zero attached hydrogens (tertiary/aromatic N) is 1. The predicted octanol–water partition coefficient (Wildman–Crippen LogP) is 2.29. The van der Waals surface area contributed by atoms with Crippen LogP contribution in [0.1, 0.15) is 30.8 Å². The standard InChI is InChI=1S/C12H20N2O2S/c1-8(2)4-10(12(15)16)5-13-6-11-9(3)14-7-17-11/h7-8,10,13H,4-6H2,1-3H3,(H,15,16). The Morgan fingerprint density at radius 3 is 2.76 bits per heavy atom. The lowest BCUT2D eigenvalue weighted by Crippen LogP contribution is -2.29. The molecule has 0 radical (unpaired) electrons. The highest BCUT2D eigenvalue weighted by molar-refractivity contribution is 7.09. The molecule has 1 heterocycles. The predicted molar refractivity (Wildman–Crippen MR) is 69.1 cm³/mol. The van der Waals surface area contributed by atoms with Crippen LogP contribution >= 0.6 is 11.3 Å². The Balaban J connectivity index is 2.37. The van der Waals surface area contributed by atoms with E-state index in [0.29, 0.717) is 25.4 Å². The zero-order valence-electron chi connectivity index (χ0n) is 10.6. The molecule has 5 heteroatoms. The lowest BCUT2D eigenvalue weighted by molar-refractivity contribution is -0.142. The molecule has 1 rings (SSSR count). The van der Waals surface area contributed by atoms with Gasteiger partial charge < -0.3 is 10.4 Å². The van der Waals surface area contributed by atoms with Crippen molar-refractivity contribution in [2.75, 3.05) is 6.54 Å². The minimum Gasteiger partial charge on any atom is -0.481 e. The molecule has 17 heavy (non-hydrogen) atoms. The van der Waals surface area contributed by atoms with E-state index in [4.69, 9.17) is 5.11 Å². The van der Waals surface area contributed by atoms with Gasteiger partial charge in [0.05, 0.1) is 17.1 Å². The van der Waals surface area contributed by atoms with Gasteiger partial charge in [-0.05, 0) is 19.3 Å². The molecule has 0 amide bonds. The van der Waals surface area contributed by atoms with Gasteiger partial charge in [0, 0.05) is 18.0 Å². The van der Waals surface area contributed by atoms with Gasteiger partial charge in [0.15, 0.2) is 0 Å². The van der Waals surface area contributed by atoms with Crippen molar-refractivity contribution in [3.63, 3.8) is 0 Å². The average Bonchev–Trinajstić information content (AvgIpc) is 2.62. The Labute approximate surface area is 106 Å². The Morgan fingerprint density at radius 2 is 2.29 bits per heavy atom. The summed E-state index contributed by atoms with van der Waals surface area (Å²) in [5.41, 5.74) is 2.84. The molecule has 0 aliphatic heterocycles. The normalized spacial score (nSPS) is 12.9. The number of rotatable bonds is 7. The fourth-order valence-electron chi connectivity index (χ4n) is 1.70. The van der Waals surface area contributed by atoms with Gasteiger partial charge in [0.25, 0.3) is 0 Å². The smallest absolute Gasteiger partial charge is 0.307 e. The molecular weight excluding hydrogens is 236 g/mol. The summed E-state index contributed by atoms with van der Waals surface area (Å²) >= 11 is 1.60. The van der Waals surface area contributed by atoms with Crippen molar-refractivity contribution in [3.8, 4) is 0 Å². The first-order valence-electron chi connectivity index (χ1n) is 5.83. The van der Waals surface area contributed by atoms with Gasteiger partial charge in [0.1, 0.15) is 0 Å². The van der Waals surface area contributed by atoms with Crippen LogP contribution in [0.3, 0.4) is 0 Å². The summed E-state index contributed by atoms with van der Waals surface area (Å²) in [5, 5.41) is 12.3. The summed E-state index contributed by atoms with van der Waals surface area (Å²) in [6, 6.07) is 0. The Bertz CT molecular complexity index is 363. The van der Waals surface area contributed by atoms with Crippen LogP contribution in [0.4, 0.5) is 0 Å². The quantitative estimate of drug-likeness (QED) is 0.785. The SMILES string of the molecule is Cc1ncsc1CNCC(CC(C)C)C(=O)O. The number of hydrogen-bond donors (Lipinski definition) is 2. The Morgan fingerprint density at radius 1 is 1.59 bits per heavy atom. The highest BCUT2D eigenvalue weighted by Crippen LogP contribution is 2.13. The molecule has 0 saturated carbocycles. The van der Waals surface area contributed by atoms with Gasteiger partial charge in [-0.2, -0.15) is 0 Å². The second-order valence-electron chi connectivity index (χ2n) is 4.66. The molecule has 2 N–H and O–H groups in total. The van der Waals surface area contributed by atoms with E-state index < -0.39 is 5.97 Å². The zero-order chi connectivity index (χ0) is 12.8. The number of thiazole rings is 1. The summed E-state index contributed by atoms with van der Waals surface area (Å²) in [6.45, 7) is 7.28. The molecule has 1 unspecified atom stereocenters. The van der Waals surface area contributed by atoms with Crippen LogP contribution < -0.4 is 5.32 Å². The number of carboxylic acid groups (broad SMARTS) is 1. The van der Waals surface area contributed by atoms with Crippen LogP contribution in [0.15, 0.2) is 5.51 Å². The van der Waals surface area contributed by atoms with E-state index in [-0.39, 0.29) is 5.92 Å². The van der Waals surface area contributed by atoms with Gasteiger partial charge in [-0.25, -0.2) is 4.98 Å². The molecule has 96 valence electrons. The molecular formula is C12H20N2O2S. The maximum Gasteiger partial charge on any atom is 0.307 e. The topological polar surface area (TPSA) is 62.2 Å². The van der Waals surface area contributed by atoms with Gasteiger partial charge in [0.2, 0.25) is 0 Å². The second kappa shape index (κ2) is 6.71. The van der Waals surface area contributed by atoms with Crippen molar-refractivity contribution in [2.24, 2.45) is 11.8 Å². The average molecular weight is 256 g/mol. The van der Waals surface area contributed by atoms with Crippen molar-refractivity contribution in [2.45, 2.75) is 33.7 Å². The molecule has 0 saturated heterocycles. The van der Waals surface area contributed by atoms with Crippen LogP contribution in [0.25, 0.3) is 0 Å². The highest BCUT2D eigenvalue weighted by atomic mass is 32.1. The van der Waals surface area contributed by atoms with E-state index in [2.05, 4.69) is 10.3 Å². The lowest BCUT2D eigenvalue weighted by atomic mass is 9.97. The first-order valence-corrected chi connectivity index (χ1v) is 6.71. The van der Waals surface area contributed by atoms with Crippen LogP contribution in [-0.2, 0) is 11.3 Å². The molecule has 0 aliphatic rings. The summed E-state index contributed by atoms with van der Waals surface area (Å²) < 4.78 is 0. The lowest BCUT2D eigenvalue weighted by Gasteiger charge is -2.15. The number of hydrogen-bond acceptors (Lipinski definition) is 4. The summed E-state index contributed by atoms with van der Waals surface area (Å²) in [5.74, 6) is -0.613. The summed E-state index contributed by atoms with van der Waals surface area (Å²) in [6.07, 6.45) is 0.712. The molecule has 4 nitrogen and oxygen atoms in total. The largest absolute Gasteiger partial charge is 0.481 e. The molecule has 1 aromatic rings. The van der Waals surface area contributed by atoms with Gasteiger partial charge >= 0.3 is 5.97 Å². The van der Waals surface area contributed by atoms with E-state index in [1.54, 1.807) is 11.3 Å². The molecule has 0 aromatic carbocycles. The molecule has 0 fully saturated rings. The fourth-order valence-corrected chi connectivity index (χ4v) is 2.44. The van der Waals surface area contributed by atoms with Crippen LogP contribution in [0.5, 0.6) is 0 Å². The minimum atomic E-state index is -0.716. The molecule has 1 aromatic heterocycles. The van der Waals surface area contributed by atoms with Crippen molar-refractivity contribution in [1.29, 1.82) is 0 Å². The van der Waals surface area contributed by atoms with Gasteiger partial charge in [-0.3, -0.25) is 4.79 Å². The van der Waals surface area contributed by atoms with Crippen molar-refractivity contribution in [1.82, 2.24) is 10.3 Å². The molecule has 0 spiro atoms. The number of carbonyl (C=O) groups is 1. The third-order valence-corrected chi connectivity index (χ3v) is 3.56. The van der Waals surface area contributed by atoms with Gasteiger partial charge in [-0.1, -0.05) is 13.8 Å². The van der Waals surface area contributed by atoms with E-state index >= 15 is 0 Å². The second-order valence-corrected chi connectivity index (χ2v) is 5.60. The summed E-state index contributed by atoms with van der Waals surface area (Å²) in [4.78, 5) is 16.4. The first-order chi connectivity index (χ1) is 8.00. The van der Waals surface area contributed by atoms with Crippen molar-refractivity contribution in [3.05, 3.63) is 16.1 Å². The number of aliphatic carboxylic acids is 1. The van der Waals surface area contributed by atoms with E-state index in [1.807, 2.05) is 26.3 Å². The van der Waals surface area contributed by atoms with Crippen LogP contribution in [0.2, 0.25) is 0 Å². The third kappa shape index (κ3) is 4.83. The van der Waals surface area contributed by atoms with Crippen molar-refractivity contribution >= 4 is 17.3 Å². The maximum absolute atomic E-state index is 11.0. The molecule has 0 bridgehead atoms. The molecule has 1 atom stereocenters. The van der Waals surface area contributed by atoms with E-state index in [9.17, 15) is 4.79 Å². The number of nitrogens with one attached hydrogen (secondary N) is 1. The van der Waals surface area contributed by atoms with E-state index in [1.165, 1.54) is 4.88 Å². The molecule has 0 aliphatic carbocycles. The number of carboxylic acids is 1. The minimum absolute atomic E-state index is 0.303. The van der Waals surface area contributed by atoms with E-state index in [0.717, 1.165) is 5.69 Å². The zero-order valence-corrected chi connectivity index (χ0v) is 11.4. The van der Waals surface area contributed by atoms with Crippen LogP contribution in [0, 0.1) is 18.8 Å². The Kier molecular flexibility index (Phi) is 5.58. The maximum atomic E-state index is 11.0. The summed E-state index contributed by atoms with van der Waals surface area (Å²) in [7, 11) is 0. The number of aryl methyl sites for hydroxylation is 1. The number of aromatic nitrogens is 1. The highest BCUT2D eigenvalue weighted by Gasteiger charge is 2.18. The first kappa shape index (κ1) is 14.1. The monoisotopic (exact) mass is 256 g/mol. The Hall–Kier alpha value is -0.940. The third-order valence-electron chi connectivity index (χ3n) is 2.63. The van der Waals surface area contributed by atoms with Crippen LogP contribution in [-0.4, -0.2) is 22.6 Å². The fraction of sp³-hybridized carbons (Fsp3) is 0.667. The van der Waals surface area contributed by atoms with Crippen molar-refractivity contribution < 1.29 is 9.90 Å².